The molecule has 2 atom stereocenters. The van der Waals surface area contributed by atoms with Gasteiger partial charge in [0.15, 0.2) is 0 Å². The van der Waals surface area contributed by atoms with Gasteiger partial charge in [-0.3, -0.25) is 19.2 Å². The maximum Gasteiger partial charge on any atom is 0.306 e. The topological polar surface area (TPSA) is 146 Å². The van der Waals surface area contributed by atoms with E-state index in [0.717, 1.165) is 0 Å². The molecule has 180 valence electrons. The van der Waals surface area contributed by atoms with Crippen molar-refractivity contribution in [3.63, 3.8) is 0 Å². The molecular weight excluding hydrogens is 412 g/mol. The highest BCUT2D eigenvalue weighted by Crippen LogP contribution is 2.17. The van der Waals surface area contributed by atoms with Crippen LogP contribution in [0.4, 0.5) is 0 Å². The molecule has 10 heteroatoms. The van der Waals surface area contributed by atoms with Gasteiger partial charge in [-0.1, -0.05) is 27.7 Å². The van der Waals surface area contributed by atoms with E-state index >= 15 is 0 Å². The fourth-order valence-corrected chi connectivity index (χ4v) is 2.35. The molecule has 0 heterocycles. The molecule has 0 fully saturated rings. The average Bonchev–Trinajstić information content (AvgIpc) is 2.68. The van der Waals surface area contributed by atoms with E-state index < -0.39 is 36.1 Å². The van der Waals surface area contributed by atoms with Crippen molar-refractivity contribution in [3.8, 4) is 0 Å². The van der Waals surface area contributed by atoms with Crippen LogP contribution in [0.5, 0.6) is 0 Å². The van der Waals surface area contributed by atoms with Gasteiger partial charge in [0, 0.05) is 5.41 Å². The van der Waals surface area contributed by atoms with Crippen molar-refractivity contribution in [1.82, 2.24) is 0 Å². The number of rotatable bonds is 18. The Kier molecular flexibility index (Phi) is 14.5. The number of hydrogen-bond donors (Lipinski definition) is 2. The van der Waals surface area contributed by atoms with Gasteiger partial charge in [-0.05, 0) is 12.8 Å². The molecule has 31 heavy (non-hydrogen) atoms. The lowest BCUT2D eigenvalue weighted by atomic mass is 9.96. The van der Waals surface area contributed by atoms with Crippen LogP contribution in [0.25, 0.3) is 0 Å². The minimum Gasteiger partial charge on any atom is -0.481 e. The zero-order valence-corrected chi connectivity index (χ0v) is 18.9. The van der Waals surface area contributed by atoms with Crippen molar-refractivity contribution in [2.24, 2.45) is 5.41 Å². The van der Waals surface area contributed by atoms with Crippen LogP contribution in [0.15, 0.2) is 0 Å². The summed E-state index contributed by atoms with van der Waals surface area (Å²) in [6.45, 7) is 8.62. The molecule has 0 rings (SSSR count). The SMILES string of the molecule is CCC(COCC(C)(C)COCC(CC)OC(=O)CCC(=O)O)OC(=O)CCC(=O)O. The summed E-state index contributed by atoms with van der Waals surface area (Å²) in [4.78, 5) is 44.3. The Balaban J connectivity index is 4.21. The standard InChI is InChI=1S/C21H36O10/c1-5-15(30-19(26)9-7-17(22)23)11-28-13-21(3,4)14-29-12-16(6-2)31-20(27)10-8-18(24)25/h15-16H,5-14H2,1-4H3,(H,22,23)(H,24,25). The molecule has 0 aliphatic heterocycles. The normalized spacial score (nSPS) is 13.3. The molecule has 0 spiro atoms. The summed E-state index contributed by atoms with van der Waals surface area (Å²) in [5.74, 6) is -3.24. The molecule has 0 saturated heterocycles. The molecule has 0 aromatic heterocycles. The van der Waals surface area contributed by atoms with Gasteiger partial charge in [-0.2, -0.15) is 0 Å². The van der Waals surface area contributed by atoms with E-state index in [1.807, 2.05) is 27.7 Å². The van der Waals surface area contributed by atoms with Gasteiger partial charge >= 0.3 is 23.9 Å². The van der Waals surface area contributed by atoms with E-state index in [0.29, 0.717) is 26.1 Å². The minimum atomic E-state index is -1.05. The second-order valence-corrected chi connectivity index (χ2v) is 8.02. The highest BCUT2D eigenvalue weighted by atomic mass is 16.6. The Morgan fingerprint density at radius 1 is 0.710 bits per heavy atom. The fraction of sp³-hybridized carbons (Fsp3) is 0.810. The maximum absolute atomic E-state index is 11.6. The summed E-state index contributed by atoms with van der Waals surface area (Å²) in [7, 11) is 0. The van der Waals surface area contributed by atoms with Gasteiger partial charge in [0.05, 0.1) is 52.1 Å². The highest BCUT2D eigenvalue weighted by Gasteiger charge is 2.22. The third-order valence-corrected chi connectivity index (χ3v) is 4.19. The Hall–Kier alpha value is -2.20. The van der Waals surface area contributed by atoms with E-state index in [4.69, 9.17) is 29.2 Å². The summed E-state index contributed by atoms with van der Waals surface area (Å²) in [5.41, 5.74) is -0.350. The monoisotopic (exact) mass is 448 g/mol. The molecule has 0 aromatic rings. The Bertz CT molecular complexity index is 525. The molecular formula is C21H36O10. The summed E-state index contributed by atoms with van der Waals surface area (Å²) in [6.07, 6.45) is -0.708. The minimum absolute atomic E-state index is 0.176. The van der Waals surface area contributed by atoms with Crippen LogP contribution in [0.3, 0.4) is 0 Å². The molecule has 0 aliphatic rings. The average molecular weight is 449 g/mol. The Labute approximate surface area is 183 Å². The third kappa shape index (κ3) is 16.2. The van der Waals surface area contributed by atoms with E-state index in [-0.39, 0.29) is 44.3 Å². The van der Waals surface area contributed by atoms with Gasteiger partial charge in [-0.15, -0.1) is 0 Å². The number of carbonyl (C=O) groups excluding carboxylic acids is 2. The smallest absolute Gasteiger partial charge is 0.306 e. The third-order valence-electron chi connectivity index (χ3n) is 4.19. The molecule has 0 radical (unpaired) electrons. The van der Waals surface area contributed by atoms with Gasteiger partial charge in [-0.25, -0.2) is 0 Å². The van der Waals surface area contributed by atoms with Crippen LogP contribution >= 0.6 is 0 Å². The van der Waals surface area contributed by atoms with Crippen molar-refractivity contribution in [2.45, 2.75) is 78.4 Å². The lowest BCUT2D eigenvalue weighted by Gasteiger charge is -2.26. The van der Waals surface area contributed by atoms with E-state index in [9.17, 15) is 19.2 Å². The number of ether oxygens (including phenoxy) is 4. The van der Waals surface area contributed by atoms with Crippen LogP contribution in [0, 0.1) is 5.41 Å². The van der Waals surface area contributed by atoms with E-state index in [1.54, 1.807) is 0 Å². The predicted molar refractivity (Wildman–Crippen MR) is 110 cm³/mol. The Morgan fingerprint density at radius 3 is 1.35 bits per heavy atom. The quantitative estimate of drug-likeness (QED) is 0.300. The van der Waals surface area contributed by atoms with E-state index in [2.05, 4.69) is 0 Å². The van der Waals surface area contributed by atoms with Gasteiger partial charge in [0.1, 0.15) is 12.2 Å². The molecule has 0 saturated carbocycles. The Morgan fingerprint density at radius 2 is 1.06 bits per heavy atom. The van der Waals surface area contributed by atoms with Crippen molar-refractivity contribution in [1.29, 1.82) is 0 Å². The second-order valence-electron chi connectivity index (χ2n) is 8.02. The number of aliphatic carboxylic acids is 2. The zero-order chi connectivity index (χ0) is 23.9. The molecule has 0 amide bonds. The molecule has 0 aliphatic carbocycles. The van der Waals surface area contributed by atoms with Gasteiger partial charge < -0.3 is 29.2 Å². The van der Waals surface area contributed by atoms with Crippen LogP contribution in [-0.2, 0) is 38.1 Å². The first-order valence-electron chi connectivity index (χ1n) is 10.5. The number of carboxylic acids is 2. The van der Waals surface area contributed by atoms with Crippen LogP contribution < -0.4 is 0 Å². The fourth-order valence-electron chi connectivity index (χ4n) is 2.35. The number of hydrogen-bond acceptors (Lipinski definition) is 8. The highest BCUT2D eigenvalue weighted by molar-refractivity contribution is 5.77. The first-order valence-corrected chi connectivity index (χ1v) is 10.5. The largest absolute Gasteiger partial charge is 0.481 e. The number of esters is 2. The van der Waals surface area contributed by atoms with E-state index in [1.165, 1.54) is 0 Å². The lowest BCUT2D eigenvalue weighted by molar-refractivity contribution is -0.156. The van der Waals surface area contributed by atoms with Crippen molar-refractivity contribution < 1.29 is 48.3 Å². The van der Waals surface area contributed by atoms with Crippen LogP contribution in [-0.4, -0.2) is 72.7 Å². The lowest BCUT2D eigenvalue weighted by Crippen LogP contribution is -2.31. The number of carbonyl (C=O) groups is 4. The summed E-state index contributed by atoms with van der Waals surface area (Å²) in [6, 6.07) is 0. The molecule has 10 nitrogen and oxygen atoms in total. The molecule has 0 aromatic carbocycles. The molecule has 2 N–H and O–H groups in total. The summed E-state index contributed by atoms with van der Waals surface area (Å²) >= 11 is 0. The van der Waals surface area contributed by atoms with Crippen molar-refractivity contribution in [2.75, 3.05) is 26.4 Å². The molecule has 2 unspecified atom stereocenters. The zero-order valence-electron chi connectivity index (χ0n) is 18.9. The number of carboxylic acid groups (broad SMARTS) is 2. The van der Waals surface area contributed by atoms with Crippen LogP contribution in [0.2, 0.25) is 0 Å². The van der Waals surface area contributed by atoms with Gasteiger partial charge in [0.25, 0.3) is 0 Å². The van der Waals surface area contributed by atoms with Crippen molar-refractivity contribution in [3.05, 3.63) is 0 Å². The predicted octanol–water partition coefficient (Wildman–Crippen LogP) is 2.42. The summed E-state index contributed by atoms with van der Waals surface area (Å²) < 4.78 is 21.8. The first-order chi connectivity index (χ1) is 14.5. The van der Waals surface area contributed by atoms with Crippen LogP contribution in [0.1, 0.15) is 66.2 Å². The maximum atomic E-state index is 11.6. The second kappa shape index (κ2) is 15.6. The van der Waals surface area contributed by atoms with Gasteiger partial charge in [0.2, 0.25) is 0 Å². The molecule has 0 bridgehead atoms. The first kappa shape index (κ1) is 28.8. The van der Waals surface area contributed by atoms with Crippen molar-refractivity contribution >= 4 is 23.9 Å². The summed E-state index contributed by atoms with van der Waals surface area (Å²) in [5, 5.41) is 17.2.